The molecule has 0 bridgehead atoms. The van der Waals surface area contributed by atoms with Crippen molar-refractivity contribution in [1.29, 1.82) is 0 Å². The van der Waals surface area contributed by atoms with Crippen molar-refractivity contribution in [3.8, 4) is 0 Å². The summed E-state index contributed by atoms with van der Waals surface area (Å²) >= 11 is 0. The lowest BCUT2D eigenvalue weighted by Gasteiger charge is -2.32. The van der Waals surface area contributed by atoms with Gasteiger partial charge in [-0.2, -0.15) is 8.42 Å². The molecule has 21 heavy (non-hydrogen) atoms. The number of benzene rings is 1. The van der Waals surface area contributed by atoms with E-state index in [0.717, 1.165) is 0 Å². The lowest BCUT2D eigenvalue weighted by Crippen LogP contribution is -2.41. The maximum atomic E-state index is 13.9. The second-order valence-electron chi connectivity index (χ2n) is 5.83. The summed E-state index contributed by atoms with van der Waals surface area (Å²) in [6.45, 7) is 6.84. The summed E-state index contributed by atoms with van der Waals surface area (Å²) in [4.78, 5) is -1.24. The number of hydrogen-bond acceptors (Lipinski definition) is 4. The Labute approximate surface area is 121 Å². The first-order valence-electron chi connectivity index (χ1n) is 6.14. The highest BCUT2D eigenvalue weighted by molar-refractivity contribution is 7.86. The van der Waals surface area contributed by atoms with Crippen LogP contribution in [0, 0.1) is 11.6 Å². The molecule has 0 aromatic heterocycles. The van der Waals surface area contributed by atoms with Gasteiger partial charge in [-0.3, -0.25) is 0 Å². The monoisotopic (exact) mass is 322 g/mol. The van der Waals surface area contributed by atoms with Crippen molar-refractivity contribution < 1.29 is 30.4 Å². The summed E-state index contributed by atoms with van der Waals surface area (Å²) in [5, 5.41) is 0. The summed E-state index contributed by atoms with van der Waals surface area (Å²) in [6, 6.07) is 0.856. The first kappa shape index (κ1) is 16.3. The molecule has 1 heterocycles. The Morgan fingerprint density at radius 2 is 1.48 bits per heavy atom. The van der Waals surface area contributed by atoms with Crippen LogP contribution in [-0.4, -0.2) is 26.7 Å². The second-order valence-corrected chi connectivity index (χ2v) is 7.15. The average molecular weight is 322 g/mol. The molecule has 1 saturated heterocycles. The van der Waals surface area contributed by atoms with Gasteiger partial charge in [-0.15, -0.1) is 3.89 Å². The van der Waals surface area contributed by atoms with Crippen LogP contribution >= 0.6 is 0 Å². The minimum absolute atomic E-state index is 0.298. The van der Waals surface area contributed by atoms with Crippen molar-refractivity contribution in [3.63, 3.8) is 0 Å². The molecule has 116 valence electrons. The Morgan fingerprint density at radius 1 is 1.00 bits per heavy atom. The van der Waals surface area contributed by atoms with E-state index in [1.165, 1.54) is 0 Å². The molecule has 4 nitrogen and oxygen atoms in total. The molecule has 9 heteroatoms. The SMILES string of the molecule is CC1(C)OB(c2cc(S(=O)(=O)F)c(F)cc2F)OC1(C)C. The zero-order valence-corrected chi connectivity index (χ0v) is 12.7. The fraction of sp³-hybridized carbons (Fsp3) is 0.500. The van der Waals surface area contributed by atoms with Gasteiger partial charge >= 0.3 is 17.3 Å². The van der Waals surface area contributed by atoms with Crippen molar-refractivity contribution >= 4 is 22.8 Å². The van der Waals surface area contributed by atoms with Crippen molar-refractivity contribution in [2.45, 2.75) is 43.8 Å². The summed E-state index contributed by atoms with van der Waals surface area (Å²) in [6.07, 6.45) is 0. The van der Waals surface area contributed by atoms with Gasteiger partial charge in [0.2, 0.25) is 0 Å². The first-order valence-corrected chi connectivity index (χ1v) is 7.53. The van der Waals surface area contributed by atoms with E-state index in [-0.39, 0.29) is 5.46 Å². The molecule has 0 unspecified atom stereocenters. The van der Waals surface area contributed by atoms with Gasteiger partial charge in [0, 0.05) is 11.5 Å². The fourth-order valence-corrected chi connectivity index (χ4v) is 2.44. The van der Waals surface area contributed by atoms with Crippen LogP contribution in [0.5, 0.6) is 0 Å². The van der Waals surface area contributed by atoms with Crippen molar-refractivity contribution in [3.05, 3.63) is 23.8 Å². The predicted octanol–water partition coefficient (Wildman–Crippen LogP) is 1.92. The Kier molecular flexibility index (Phi) is 3.67. The highest BCUT2D eigenvalue weighted by Gasteiger charge is 2.52. The van der Waals surface area contributed by atoms with Gasteiger partial charge in [0.15, 0.2) is 0 Å². The van der Waals surface area contributed by atoms with Crippen LogP contribution in [0.15, 0.2) is 17.0 Å². The maximum absolute atomic E-state index is 13.9. The molecular weight excluding hydrogens is 308 g/mol. The molecule has 0 radical (unpaired) electrons. The fourth-order valence-electron chi connectivity index (χ4n) is 1.88. The number of rotatable bonds is 2. The minimum Gasteiger partial charge on any atom is -0.399 e. The van der Waals surface area contributed by atoms with Crippen LogP contribution in [0.4, 0.5) is 12.7 Å². The van der Waals surface area contributed by atoms with E-state index in [1.54, 1.807) is 27.7 Å². The number of halogens is 3. The van der Waals surface area contributed by atoms with E-state index in [2.05, 4.69) is 0 Å². The molecule has 0 N–H and O–H groups in total. The van der Waals surface area contributed by atoms with Crippen LogP contribution in [0.1, 0.15) is 27.7 Å². The predicted molar refractivity (Wildman–Crippen MR) is 70.4 cm³/mol. The first-order chi connectivity index (χ1) is 9.35. The number of hydrogen-bond donors (Lipinski definition) is 0. The largest absolute Gasteiger partial charge is 0.497 e. The van der Waals surface area contributed by atoms with E-state index in [1.807, 2.05) is 0 Å². The van der Waals surface area contributed by atoms with E-state index in [9.17, 15) is 21.1 Å². The Bertz CT molecular complexity index is 672. The topological polar surface area (TPSA) is 52.6 Å². The minimum atomic E-state index is -5.31. The molecular formula is C12H14BF3O4S. The van der Waals surface area contributed by atoms with Crippen LogP contribution in [0.25, 0.3) is 0 Å². The van der Waals surface area contributed by atoms with Crippen LogP contribution in [-0.2, 0) is 19.5 Å². The van der Waals surface area contributed by atoms with E-state index in [0.29, 0.717) is 12.1 Å². The highest BCUT2D eigenvalue weighted by atomic mass is 32.3. The molecule has 1 fully saturated rings. The third-order valence-electron chi connectivity index (χ3n) is 3.82. The quantitative estimate of drug-likeness (QED) is 0.617. The summed E-state index contributed by atoms with van der Waals surface area (Å²) in [5.41, 5.74) is -1.97. The molecule has 1 aliphatic heterocycles. The molecule has 0 aliphatic carbocycles. The Hall–Kier alpha value is -1.06. The molecule has 1 aliphatic rings. The van der Waals surface area contributed by atoms with Crippen LogP contribution in [0.2, 0.25) is 0 Å². The van der Waals surface area contributed by atoms with Crippen molar-refractivity contribution in [1.82, 2.24) is 0 Å². The molecule has 2 rings (SSSR count). The third kappa shape index (κ3) is 2.82. The van der Waals surface area contributed by atoms with Crippen LogP contribution in [0.3, 0.4) is 0 Å². The smallest absolute Gasteiger partial charge is 0.399 e. The van der Waals surface area contributed by atoms with Gasteiger partial charge in [-0.25, -0.2) is 8.78 Å². The Morgan fingerprint density at radius 3 is 1.90 bits per heavy atom. The van der Waals surface area contributed by atoms with Crippen molar-refractivity contribution in [2.75, 3.05) is 0 Å². The van der Waals surface area contributed by atoms with Crippen molar-refractivity contribution in [2.24, 2.45) is 0 Å². The summed E-state index contributed by atoms with van der Waals surface area (Å²) < 4.78 is 73.1. The Balaban J connectivity index is 2.52. The van der Waals surface area contributed by atoms with E-state index in [4.69, 9.17) is 9.31 Å². The molecule has 0 atom stereocenters. The zero-order chi connectivity index (χ0) is 16.2. The maximum Gasteiger partial charge on any atom is 0.497 e. The van der Waals surface area contributed by atoms with Gasteiger partial charge in [0.25, 0.3) is 0 Å². The normalized spacial score (nSPS) is 20.8. The van der Waals surface area contributed by atoms with Gasteiger partial charge < -0.3 is 9.31 Å². The van der Waals surface area contributed by atoms with Gasteiger partial charge in [0.1, 0.15) is 16.5 Å². The highest BCUT2D eigenvalue weighted by Crippen LogP contribution is 2.36. The second kappa shape index (κ2) is 4.72. The molecule has 1 aromatic rings. The third-order valence-corrected chi connectivity index (χ3v) is 4.66. The zero-order valence-electron chi connectivity index (χ0n) is 11.9. The molecule has 1 aromatic carbocycles. The van der Waals surface area contributed by atoms with Gasteiger partial charge in [-0.05, 0) is 33.8 Å². The lowest BCUT2D eigenvalue weighted by molar-refractivity contribution is 0.00578. The van der Waals surface area contributed by atoms with Crippen LogP contribution < -0.4 is 5.46 Å². The van der Waals surface area contributed by atoms with E-state index < -0.39 is 45.1 Å². The summed E-state index contributed by atoms with van der Waals surface area (Å²) in [5.74, 6) is -2.58. The van der Waals surface area contributed by atoms with Gasteiger partial charge in [-0.1, -0.05) is 0 Å². The summed E-state index contributed by atoms with van der Waals surface area (Å²) in [7, 11) is -6.57. The average Bonchev–Trinajstić information content (AvgIpc) is 2.45. The standard InChI is InChI=1S/C12H14BF3O4S/c1-11(2)12(3,4)20-13(19-11)7-5-10(21(16,17)18)9(15)6-8(7)14/h5-6H,1-4H3. The molecule has 0 spiro atoms. The molecule has 0 saturated carbocycles. The lowest BCUT2D eigenvalue weighted by atomic mass is 9.78. The van der Waals surface area contributed by atoms with E-state index >= 15 is 0 Å². The molecule has 0 amide bonds. The van der Waals surface area contributed by atoms with Gasteiger partial charge in [0.05, 0.1) is 11.2 Å².